The number of hydrogen-bond donors (Lipinski definition) is 1. The van der Waals surface area contributed by atoms with Crippen LogP contribution < -0.4 is 5.32 Å². The smallest absolute Gasteiger partial charge is 0.261 e. The quantitative estimate of drug-likeness (QED) is 0.518. The van der Waals surface area contributed by atoms with Crippen LogP contribution in [-0.2, 0) is 6.42 Å². The molecule has 0 saturated carbocycles. The maximum atomic E-state index is 13.1. The summed E-state index contributed by atoms with van der Waals surface area (Å²) in [6.07, 6.45) is 2.55. The summed E-state index contributed by atoms with van der Waals surface area (Å²) in [5.41, 5.74) is 5.27. The Morgan fingerprint density at radius 2 is 1.86 bits per heavy atom. The van der Waals surface area contributed by atoms with Crippen LogP contribution in [-0.4, -0.2) is 25.9 Å². The van der Waals surface area contributed by atoms with Crippen LogP contribution >= 0.6 is 11.3 Å². The van der Waals surface area contributed by atoms with Crippen molar-refractivity contribution in [3.63, 3.8) is 0 Å². The average molecular weight is 404 g/mol. The summed E-state index contributed by atoms with van der Waals surface area (Å²) in [5, 5.41) is 17.1. The van der Waals surface area contributed by atoms with E-state index in [4.69, 9.17) is 5.10 Å². The number of carbonyl (C=O) groups excluding carboxylic acids is 1. The van der Waals surface area contributed by atoms with Gasteiger partial charge in [0.05, 0.1) is 11.3 Å². The second kappa shape index (κ2) is 7.97. The molecule has 0 radical (unpaired) electrons. The van der Waals surface area contributed by atoms with Crippen LogP contribution in [0.2, 0.25) is 0 Å². The lowest BCUT2D eigenvalue weighted by atomic mass is 10.0. The van der Waals surface area contributed by atoms with E-state index in [1.54, 1.807) is 10.9 Å². The molecule has 0 aliphatic carbocycles. The van der Waals surface area contributed by atoms with Gasteiger partial charge in [-0.25, -0.2) is 4.68 Å². The summed E-state index contributed by atoms with van der Waals surface area (Å²) in [6, 6.07) is 15.9. The zero-order chi connectivity index (χ0) is 20.4. The number of nitrogens with zero attached hydrogens (tertiary/aromatic N) is 4. The number of aromatic nitrogens is 4. The van der Waals surface area contributed by atoms with Crippen LogP contribution in [0.25, 0.3) is 16.9 Å². The van der Waals surface area contributed by atoms with Crippen molar-refractivity contribution in [2.45, 2.75) is 27.2 Å². The average Bonchev–Trinajstić information content (AvgIpc) is 3.38. The van der Waals surface area contributed by atoms with E-state index in [0.29, 0.717) is 16.4 Å². The molecule has 1 N–H and O–H groups in total. The summed E-state index contributed by atoms with van der Waals surface area (Å²) in [4.78, 5) is 13.1. The molecule has 4 aromatic rings. The number of carbonyl (C=O) groups is 1. The minimum Gasteiger partial charge on any atom is -0.296 e. The number of aryl methyl sites for hydroxylation is 3. The Labute approximate surface area is 173 Å². The number of para-hydroxylation sites is 1. The van der Waals surface area contributed by atoms with Gasteiger partial charge in [0, 0.05) is 11.8 Å². The van der Waals surface area contributed by atoms with Crippen LogP contribution in [0.3, 0.4) is 0 Å². The molecule has 0 spiro atoms. The molecule has 1 amide bonds. The van der Waals surface area contributed by atoms with Crippen molar-refractivity contribution in [2.24, 2.45) is 0 Å². The lowest BCUT2D eigenvalue weighted by Crippen LogP contribution is -2.12. The van der Waals surface area contributed by atoms with Crippen molar-refractivity contribution >= 4 is 22.4 Å². The van der Waals surface area contributed by atoms with E-state index in [1.807, 2.05) is 49.4 Å². The van der Waals surface area contributed by atoms with Gasteiger partial charge in [-0.1, -0.05) is 48.6 Å². The highest BCUT2D eigenvalue weighted by Gasteiger charge is 2.20. The third kappa shape index (κ3) is 3.95. The molecule has 2 aromatic carbocycles. The first-order valence-corrected chi connectivity index (χ1v) is 10.2. The molecule has 2 aromatic heterocycles. The van der Waals surface area contributed by atoms with Crippen molar-refractivity contribution < 1.29 is 4.79 Å². The molecule has 0 atom stereocenters. The molecule has 0 aliphatic heterocycles. The monoisotopic (exact) mass is 403 g/mol. The predicted molar refractivity (Wildman–Crippen MR) is 116 cm³/mol. The van der Waals surface area contributed by atoms with Crippen molar-refractivity contribution in [1.82, 2.24) is 20.0 Å². The second-order valence-electron chi connectivity index (χ2n) is 6.78. The Morgan fingerprint density at radius 3 is 2.55 bits per heavy atom. The van der Waals surface area contributed by atoms with Gasteiger partial charge in [0.25, 0.3) is 5.91 Å². The molecular formula is C22H21N5OS. The molecule has 146 valence electrons. The van der Waals surface area contributed by atoms with E-state index in [9.17, 15) is 4.79 Å². The molecule has 0 bridgehead atoms. The van der Waals surface area contributed by atoms with Gasteiger partial charge in [-0.05, 0) is 49.6 Å². The van der Waals surface area contributed by atoms with Crippen LogP contribution in [0.5, 0.6) is 0 Å². The molecule has 2 heterocycles. The number of amides is 1. The molecule has 29 heavy (non-hydrogen) atoms. The first kappa shape index (κ1) is 19.0. The predicted octanol–water partition coefficient (Wildman–Crippen LogP) is 4.82. The first-order chi connectivity index (χ1) is 14.0. The molecule has 0 aliphatic rings. The SMILES string of the molecule is CCc1nnc(NC(=O)c2cn(-c3ccccc3)nc2-c2ccc(C)c(C)c2)s1. The number of anilines is 1. The maximum Gasteiger partial charge on any atom is 0.261 e. The van der Waals surface area contributed by atoms with Gasteiger partial charge >= 0.3 is 0 Å². The minimum absolute atomic E-state index is 0.251. The highest BCUT2D eigenvalue weighted by atomic mass is 32.1. The van der Waals surface area contributed by atoms with Crippen molar-refractivity contribution in [2.75, 3.05) is 5.32 Å². The zero-order valence-electron chi connectivity index (χ0n) is 16.5. The van der Waals surface area contributed by atoms with E-state index >= 15 is 0 Å². The van der Waals surface area contributed by atoms with Gasteiger partial charge in [0.2, 0.25) is 5.13 Å². The second-order valence-corrected chi connectivity index (χ2v) is 7.84. The summed E-state index contributed by atoms with van der Waals surface area (Å²) in [5.74, 6) is -0.251. The van der Waals surface area contributed by atoms with Crippen molar-refractivity contribution in [1.29, 1.82) is 0 Å². The van der Waals surface area contributed by atoms with Crippen LogP contribution in [0, 0.1) is 13.8 Å². The van der Waals surface area contributed by atoms with Crippen LogP contribution in [0.15, 0.2) is 54.7 Å². The summed E-state index contributed by atoms with van der Waals surface area (Å²) in [6.45, 7) is 6.13. The lowest BCUT2D eigenvalue weighted by molar-refractivity contribution is 0.102. The Morgan fingerprint density at radius 1 is 1.07 bits per heavy atom. The van der Waals surface area contributed by atoms with Crippen molar-refractivity contribution in [3.05, 3.63) is 76.4 Å². The van der Waals surface area contributed by atoms with Crippen LogP contribution in [0.4, 0.5) is 5.13 Å². The Kier molecular flexibility index (Phi) is 5.22. The van der Waals surface area contributed by atoms with Gasteiger partial charge in [0.15, 0.2) is 0 Å². The summed E-state index contributed by atoms with van der Waals surface area (Å²) < 4.78 is 1.73. The van der Waals surface area contributed by atoms with E-state index < -0.39 is 0 Å². The molecular weight excluding hydrogens is 382 g/mol. The van der Waals surface area contributed by atoms with E-state index in [0.717, 1.165) is 28.2 Å². The molecule has 0 unspecified atom stereocenters. The van der Waals surface area contributed by atoms with Gasteiger partial charge in [-0.3, -0.25) is 10.1 Å². The fraction of sp³-hybridized carbons (Fsp3) is 0.182. The summed E-state index contributed by atoms with van der Waals surface area (Å²) >= 11 is 1.38. The largest absolute Gasteiger partial charge is 0.296 e. The number of hydrogen-bond acceptors (Lipinski definition) is 5. The van der Waals surface area contributed by atoms with Gasteiger partial charge in [-0.2, -0.15) is 5.10 Å². The lowest BCUT2D eigenvalue weighted by Gasteiger charge is -2.05. The topological polar surface area (TPSA) is 72.7 Å². The third-order valence-corrected chi connectivity index (χ3v) is 5.73. The Hall–Kier alpha value is -3.32. The molecule has 0 fully saturated rings. The Balaban J connectivity index is 1.76. The highest BCUT2D eigenvalue weighted by Crippen LogP contribution is 2.27. The number of rotatable bonds is 5. The molecule has 6 nitrogen and oxygen atoms in total. The highest BCUT2D eigenvalue weighted by molar-refractivity contribution is 7.15. The summed E-state index contributed by atoms with van der Waals surface area (Å²) in [7, 11) is 0. The standard InChI is InChI=1S/C22H21N5OS/c1-4-19-24-25-22(29-19)23-21(28)18-13-27(17-8-6-5-7-9-17)26-20(18)16-11-10-14(2)15(3)12-16/h5-13H,4H2,1-3H3,(H,23,25,28). The van der Waals surface area contributed by atoms with Crippen LogP contribution in [0.1, 0.15) is 33.4 Å². The first-order valence-electron chi connectivity index (χ1n) is 9.41. The molecule has 0 saturated heterocycles. The fourth-order valence-electron chi connectivity index (χ4n) is 2.97. The van der Waals surface area contributed by atoms with E-state index in [2.05, 4.69) is 35.4 Å². The minimum atomic E-state index is -0.251. The van der Waals surface area contributed by atoms with Gasteiger partial charge in [-0.15, -0.1) is 10.2 Å². The Bertz CT molecular complexity index is 1160. The maximum absolute atomic E-state index is 13.1. The zero-order valence-corrected chi connectivity index (χ0v) is 17.3. The van der Waals surface area contributed by atoms with Gasteiger partial charge in [0.1, 0.15) is 10.7 Å². The number of nitrogens with one attached hydrogen (secondary N) is 1. The number of benzene rings is 2. The fourth-order valence-corrected chi connectivity index (χ4v) is 3.64. The molecule has 7 heteroatoms. The van der Waals surface area contributed by atoms with E-state index in [1.165, 1.54) is 16.9 Å². The van der Waals surface area contributed by atoms with Gasteiger partial charge < -0.3 is 0 Å². The normalized spacial score (nSPS) is 10.9. The van der Waals surface area contributed by atoms with E-state index in [-0.39, 0.29) is 5.91 Å². The third-order valence-electron chi connectivity index (χ3n) is 4.75. The van der Waals surface area contributed by atoms with Crippen molar-refractivity contribution in [3.8, 4) is 16.9 Å². The molecule has 4 rings (SSSR count).